The van der Waals surface area contributed by atoms with Gasteiger partial charge in [-0.1, -0.05) is 204 Å². The fourth-order valence-corrected chi connectivity index (χ4v) is 7.80. The maximum absolute atomic E-state index is 12.4. The molecule has 4 N–H and O–H groups in total. The molecule has 0 bridgehead atoms. The molecular weight excluding hydrogens is 806 g/mol. The van der Waals surface area contributed by atoms with Gasteiger partial charge in [0, 0.05) is 12.8 Å². The molecule has 0 aromatic rings. The number of phosphoric ester groups is 1. The SMILES string of the molecule is CCCCC/C=C\C/C=C\C/C=C\CCCCCCCCC(=O)OCC(O)COP(=O)(O)OCC(NC(=O)CCCCCCCCCCCCCCCCCCCCC)C(=O)O. The number of unbranched alkanes of at least 4 members (excludes halogenated alkanes) is 27. The maximum Gasteiger partial charge on any atom is 0.472 e. The van der Waals surface area contributed by atoms with E-state index in [0.29, 0.717) is 12.8 Å². The summed E-state index contributed by atoms with van der Waals surface area (Å²) in [7, 11) is -4.76. The zero-order valence-corrected chi connectivity index (χ0v) is 40.3. The van der Waals surface area contributed by atoms with Gasteiger partial charge in [0.05, 0.1) is 13.2 Å². The Hall–Kier alpha value is -2.30. The molecule has 362 valence electrons. The zero-order valence-electron chi connectivity index (χ0n) is 39.4. The van der Waals surface area contributed by atoms with Crippen LogP contribution in [0.15, 0.2) is 36.5 Å². The van der Waals surface area contributed by atoms with Gasteiger partial charge < -0.3 is 25.2 Å². The Balaban J connectivity index is 3.85. The van der Waals surface area contributed by atoms with Crippen LogP contribution >= 0.6 is 7.82 Å². The van der Waals surface area contributed by atoms with E-state index >= 15 is 0 Å². The minimum absolute atomic E-state index is 0.148. The normalized spacial score (nSPS) is 13.9. The number of carboxylic acid groups (broad SMARTS) is 1. The van der Waals surface area contributed by atoms with Crippen LogP contribution in [0.25, 0.3) is 0 Å². The number of aliphatic hydroxyl groups is 1. The smallest absolute Gasteiger partial charge is 0.472 e. The maximum atomic E-state index is 12.4. The summed E-state index contributed by atoms with van der Waals surface area (Å²) >= 11 is 0. The second kappa shape index (κ2) is 45.3. The lowest BCUT2D eigenvalue weighted by Crippen LogP contribution is -2.43. The van der Waals surface area contributed by atoms with Gasteiger partial charge in [0.15, 0.2) is 6.04 Å². The molecule has 62 heavy (non-hydrogen) atoms. The Morgan fingerprint density at radius 3 is 1.35 bits per heavy atom. The molecule has 0 aliphatic heterocycles. The second-order valence-electron chi connectivity index (χ2n) is 17.0. The average molecular weight is 898 g/mol. The number of hydrogen-bond acceptors (Lipinski definition) is 8. The minimum atomic E-state index is -4.76. The molecule has 0 fully saturated rings. The molecule has 3 unspecified atom stereocenters. The average Bonchev–Trinajstić information content (AvgIpc) is 3.25. The van der Waals surface area contributed by atoms with Crippen molar-refractivity contribution in [1.29, 1.82) is 0 Å². The van der Waals surface area contributed by atoms with Gasteiger partial charge in [0.25, 0.3) is 0 Å². The first-order valence-electron chi connectivity index (χ1n) is 25.0. The predicted octanol–water partition coefficient (Wildman–Crippen LogP) is 13.6. The highest BCUT2D eigenvalue weighted by atomic mass is 31.2. The van der Waals surface area contributed by atoms with Crippen molar-refractivity contribution in [3.05, 3.63) is 36.5 Å². The van der Waals surface area contributed by atoms with Gasteiger partial charge in [-0.3, -0.25) is 18.6 Å². The summed E-state index contributed by atoms with van der Waals surface area (Å²) in [5, 5.41) is 21.9. The van der Waals surface area contributed by atoms with Gasteiger partial charge in [-0.05, 0) is 51.4 Å². The van der Waals surface area contributed by atoms with Crippen LogP contribution in [0.3, 0.4) is 0 Å². The van der Waals surface area contributed by atoms with Gasteiger partial charge in [0.2, 0.25) is 5.91 Å². The number of amides is 1. The van der Waals surface area contributed by atoms with E-state index in [-0.39, 0.29) is 12.8 Å². The highest BCUT2D eigenvalue weighted by molar-refractivity contribution is 7.47. The number of rotatable bonds is 47. The van der Waals surface area contributed by atoms with Crippen molar-refractivity contribution in [2.75, 3.05) is 19.8 Å². The molecule has 0 aromatic heterocycles. The van der Waals surface area contributed by atoms with Crippen LogP contribution in [0, 0.1) is 0 Å². The van der Waals surface area contributed by atoms with Gasteiger partial charge in [-0.25, -0.2) is 9.36 Å². The highest BCUT2D eigenvalue weighted by Crippen LogP contribution is 2.43. The third-order valence-electron chi connectivity index (χ3n) is 10.9. The molecule has 0 aromatic carbocycles. The van der Waals surface area contributed by atoms with Crippen molar-refractivity contribution in [2.45, 2.75) is 244 Å². The lowest BCUT2D eigenvalue weighted by atomic mass is 10.0. The zero-order chi connectivity index (χ0) is 45.6. The molecule has 11 nitrogen and oxygen atoms in total. The third-order valence-corrected chi connectivity index (χ3v) is 11.9. The van der Waals surface area contributed by atoms with Crippen LogP contribution in [-0.2, 0) is 32.7 Å². The van der Waals surface area contributed by atoms with Crippen LogP contribution in [-0.4, -0.2) is 64.9 Å². The van der Waals surface area contributed by atoms with Crippen molar-refractivity contribution in [3.63, 3.8) is 0 Å². The Labute approximate surface area is 378 Å². The first-order chi connectivity index (χ1) is 30.1. The number of carbonyl (C=O) groups excluding carboxylic acids is 2. The topological polar surface area (TPSA) is 169 Å². The molecule has 0 saturated heterocycles. The monoisotopic (exact) mass is 898 g/mol. The lowest BCUT2D eigenvalue weighted by molar-refractivity contribution is -0.147. The lowest BCUT2D eigenvalue weighted by Gasteiger charge is -2.18. The Bertz CT molecular complexity index is 1190. The van der Waals surface area contributed by atoms with Crippen molar-refractivity contribution in [1.82, 2.24) is 5.32 Å². The molecule has 0 saturated carbocycles. The summed E-state index contributed by atoms with van der Waals surface area (Å²) in [6.45, 7) is 2.59. The number of phosphoric acid groups is 1. The third kappa shape index (κ3) is 44.3. The number of aliphatic hydroxyl groups excluding tert-OH is 1. The number of allylic oxidation sites excluding steroid dienone is 6. The Morgan fingerprint density at radius 1 is 0.516 bits per heavy atom. The van der Waals surface area contributed by atoms with Gasteiger partial charge in [-0.2, -0.15) is 0 Å². The van der Waals surface area contributed by atoms with Crippen LogP contribution in [0.2, 0.25) is 0 Å². The van der Waals surface area contributed by atoms with Crippen LogP contribution in [0.5, 0.6) is 0 Å². The first-order valence-corrected chi connectivity index (χ1v) is 26.5. The summed E-state index contributed by atoms with van der Waals surface area (Å²) < 4.78 is 26.9. The standard InChI is InChI=1S/C50H92NO10P/c1-3-5-7-9-11-13-15-17-19-21-23-25-27-29-31-33-35-37-39-41-48(53)51-47(50(55)56)45-61-62(57,58)60-44-46(52)43-59-49(54)42-40-38-36-34-32-30-28-26-24-22-20-18-16-14-12-10-8-6-4-2/h12,14,18,20,24,26,46-47,52H,3-11,13,15-17,19,21-23,25,27-45H2,1-2H3,(H,51,53)(H,55,56)(H,57,58)/b14-12-,20-18-,26-24-. The summed E-state index contributed by atoms with van der Waals surface area (Å²) in [4.78, 5) is 46.1. The van der Waals surface area contributed by atoms with Crippen LogP contribution in [0.4, 0.5) is 0 Å². The van der Waals surface area contributed by atoms with E-state index in [4.69, 9.17) is 13.8 Å². The van der Waals surface area contributed by atoms with E-state index in [9.17, 15) is 34.1 Å². The second-order valence-corrected chi connectivity index (χ2v) is 18.5. The number of hydrogen-bond donors (Lipinski definition) is 4. The van der Waals surface area contributed by atoms with E-state index in [1.54, 1.807) is 0 Å². The number of carboxylic acids is 1. The molecule has 0 heterocycles. The molecule has 0 spiro atoms. The number of nitrogens with one attached hydrogen (secondary N) is 1. The first kappa shape index (κ1) is 59.7. The van der Waals surface area contributed by atoms with E-state index in [1.165, 1.54) is 122 Å². The van der Waals surface area contributed by atoms with Crippen LogP contribution in [0.1, 0.15) is 232 Å². The minimum Gasteiger partial charge on any atom is -0.480 e. The Morgan fingerprint density at radius 2 is 0.887 bits per heavy atom. The van der Waals surface area contributed by atoms with Gasteiger partial charge in [0.1, 0.15) is 12.7 Å². The van der Waals surface area contributed by atoms with Gasteiger partial charge >= 0.3 is 19.8 Å². The Kier molecular flexibility index (Phi) is 43.6. The fourth-order valence-electron chi connectivity index (χ4n) is 7.03. The van der Waals surface area contributed by atoms with E-state index < -0.39 is 57.6 Å². The van der Waals surface area contributed by atoms with E-state index in [1.807, 2.05) is 0 Å². The fraction of sp³-hybridized carbons (Fsp3) is 0.820. The number of esters is 1. The van der Waals surface area contributed by atoms with Crippen molar-refractivity contribution in [2.24, 2.45) is 0 Å². The summed E-state index contributed by atoms with van der Waals surface area (Å²) in [5.74, 6) is -2.37. The number of aliphatic carboxylic acids is 1. The van der Waals surface area contributed by atoms with E-state index in [0.717, 1.165) is 70.6 Å². The van der Waals surface area contributed by atoms with Crippen molar-refractivity contribution >= 4 is 25.7 Å². The molecule has 3 atom stereocenters. The molecule has 12 heteroatoms. The predicted molar refractivity (Wildman–Crippen MR) is 254 cm³/mol. The number of carbonyl (C=O) groups is 3. The largest absolute Gasteiger partial charge is 0.480 e. The summed E-state index contributed by atoms with van der Waals surface area (Å²) in [6, 6.07) is -1.55. The van der Waals surface area contributed by atoms with E-state index in [2.05, 4.69) is 55.6 Å². The number of ether oxygens (including phenoxy) is 1. The van der Waals surface area contributed by atoms with Crippen LogP contribution < -0.4 is 5.32 Å². The summed E-state index contributed by atoms with van der Waals surface area (Å²) in [5.41, 5.74) is 0. The summed E-state index contributed by atoms with van der Waals surface area (Å²) in [6.07, 6.45) is 50.2. The quantitative estimate of drug-likeness (QED) is 0.0200. The molecule has 0 aliphatic carbocycles. The molecular formula is C50H92NO10P. The van der Waals surface area contributed by atoms with Crippen molar-refractivity contribution < 1.29 is 47.8 Å². The molecule has 0 rings (SSSR count). The van der Waals surface area contributed by atoms with Crippen molar-refractivity contribution in [3.8, 4) is 0 Å². The molecule has 1 amide bonds. The molecule has 0 radical (unpaired) electrons. The molecule has 0 aliphatic rings. The van der Waals surface area contributed by atoms with Gasteiger partial charge in [-0.15, -0.1) is 0 Å². The highest BCUT2D eigenvalue weighted by Gasteiger charge is 2.28.